The van der Waals surface area contributed by atoms with Gasteiger partial charge in [-0.15, -0.1) is 0 Å². The second-order valence-corrected chi connectivity index (χ2v) is 5.71. The van der Waals surface area contributed by atoms with Crippen LogP contribution in [0.3, 0.4) is 0 Å². The van der Waals surface area contributed by atoms with E-state index < -0.39 is 27.3 Å². The third kappa shape index (κ3) is 10.3. The molecule has 0 aliphatic rings. The van der Waals surface area contributed by atoms with Crippen molar-refractivity contribution in [3.8, 4) is 0 Å². The van der Waals surface area contributed by atoms with Crippen LogP contribution in [0.2, 0.25) is 0 Å². The van der Waals surface area contributed by atoms with Crippen LogP contribution in [-0.4, -0.2) is 41.9 Å². The normalized spacial score (nSPS) is 11.6. The predicted molar refractivity (Wildman–Crippen MR) is 73.9 cm³/mol. The Kier molecular flexibility index (Phi) is 9.57. The molecule has 0 amide bonds. The van der Waals surface area contributed by atoms with Gasteiger partial charge in [-0.3, -0.25) is 4.55 Å². The van der Waals surface area contributed by atoms with Crippen LogP contribution in [0.1, 0.15) is 27.2 Å². The Bertz CT molecular complexity index is 464. The molecule has 7 nitrogen and oxygen atoms in total. The minimum Gasteiger partial charge on any atom is -0.478 e. The minimum absolute atomic E-state index is 0.176. The van der Waals surface area contributed by atoms with E-state index in [4.69, 9.17) is 9.66 Å². The Balaban J connectivity index is 0. The molecule has 20 heavy (non-hydrogen) atoms. The van der Waals surface area contributed by atoms with E-state index in [1.165, 1.54) is 13.8 Å². The maximum absolute atomic E-state index is 10.9. The smallest absolute Gasteiger partial charge is 0.333 e. The molecule has 0 saturated heterocycles. The lowest BCUT2D eigenvalue weighted by Gasteiger charge is -2.11. The summed E-state index contributed by atoms with van der Waals surface area (Å²) in [6.45, 7) is 10.6. The molecule has 1 atom stereocenters. The molecule has 0 aliphatic carbocycles. The van der Waals surface area contributed by atoms with Gasteiger partial charge in [-0.05, 0) is 20.3 Å². The molecule has 1 unspecified atom stereocenters. The minimum atomic E-state index is -4.14. The molecule has 0 rings (SSSR count). The van der Waals surface area contributed by atoms with Crippen molar-refractivity contribution in [1.29, 1.82) is 0 Å². The first-order chi connectivity index (χ1) is 8.93. The summed E-state index contributed by atoms with van der Waals surface area (Å²) in [4.78, 5) is 20.5. The van der Waals surface area contributed by atoms with Crippen LogP contribution >= 0.6 is 0 Å². The fourth-order valence-electron chi connectivity index (χ4n) is 0.706. The van der Waals surface area contributed by atoms with Crippen molar-refractivity contribution in [1.82, 2.24) is 0 Å². The average Bonchev–Trinajstić information content (AvgIpc) is 2.28. The lowest BCUT2D eigenvalue weighted by atomic mass is 10.3. The van der Waals surface area contributed by atoms with Gasteiger partial charge in [0.15, 0.2) is 0 Å². The van der Waals surface area contributed by atoms with Gasteiger partial charge >= 0.3 is 11.9 Å². The molecular weight excluding hydrogens is 288 g/mol. The second kappa shape index (κ2) is 9.27. The van der Waals surface area contributed by atoms with Crippen molar-refractivity contribution < 1.29 is 32.4 Å². The first kappa shape index (κ1) is 20.6. The van der Waals surface area contributed by atoms with E-state index in [0.29, 0.717) is 0 Å². The molecule has 0 aromatic heterocycles. The molecule has 0 spiro atoms. The SMILES string of the molecule is C=C(C)C(=O)O.C=C(C)C(=O)OCC(CC)S(=O)(=O)O. The summed E-state index contributed by atoms with van der Waals surface area (Å²) in [6, 6.07) is 0. The fraction of sp³-hybridized carbons (Fsp3) is 0.500. The largest absolute Gasteiger partial charge is 0.478 e. The molecule has 0 aromatic rings. The number of hydrogen-bond donors (Lipinski definition) is 2. The lowest BCUT2D eigenvalue weighted by molar-refractivity contribution is -0.139. The number of carboxylic acid groups (broad SMARTS) is 1. The van der Waals surface area contributed by atoms with Crippen LogP contribution in [-0.2, 0) is 24.4 Å². The van der Waals surface area contributed by atoms with Crippen molar-refractivity contribution in [3.05, 3.63) is 24.3 Å². The van der Waals surface area contributed by atoms with Crippen LogP contribution < -0.4 is 0 Å². The highest BCUT2D eigenvalue weighted by molar-refractivity contribution is 7.86. The van der Waals surface area contributed by atoms with Crippen molar-refractivity contribution in [2.45, 2.75) is 32.4 Å². The number of ether oxygens (including phenoxy) is 1. The Morgan fingerprint density at radius 2 is 1.60 bits per heavy atom. The Morgan fingerprint density at radius 3 is 1.80 bits per heavy atom. The second-order valence-electron chi connectivity index (χ2n) is 4.01. The first-order valence-electron chi connectivity index (χ1n) is 5.61. The van der Waals surface area contributed by atoms with E-state index >= 15 is 0 Å². The Hall–Kier alpha value is -1.67. The van der Waals surface area contributed by atoms with Gasteiger partial charge in [0.1, 0.15) is 11.9 Å². The van der Waals surface area contributed by atoms with Crippen LogP contribution in [0.25, 0.3) is 0 Å². The van der Waals surface area contributed by atoms with E-state index in [2.05, 4.69) is 17.9 Å². The van der Waals surface area contributed by atoms with Gasteiger partial charge in [0.2, 0.25) is 0 Å². The Labute approximate surface area is 118 Å². The van der Waals surface area contributed by atoms with Crippen molar-refractivity contribution >= 4 is 22.1 Å². The summed E-state index contributed by atoms with van der Waals surface area (Å²) in [5, 5.41) is 6.83. The number of carbonyl (C=O) groups is 2. The maximum atomic E-state index is 10.9. The molecule has 8 heteroatoms. The fourth-order valence-corrected chi connectivity index (χ4v) is 1.37. The zero-order chi connectivity index (χ0) is 16.5. The van der Waals surface area contributed by atoms with Gasteiger partial charge in [0.25, 0.3) is 10.1 Å². The highest BCUT2D eigenvalue weighted by Crippen LogP contribution is 2.05. The molecule has 0 bridgehead atoms. The monoisotopic (exact) mass is 308 g/mol. The summed E-state index contributed by atoms with van der Waals surface area (Å²) >= 11 is 0. The number of carbonyl (C=O) groups excluding carboxylic acids is 1. The Morgan fingerprint density at radius 1 is 1.20 bits per heavy atom. The van der Waals surface area contributed by atoms with Gasteiger partial charge in [-0.1, -0.05) is 20.1 Å². The molecule has 0 radical (unpaired) electrons. The lowest BCUT2D eigenvalue weighted by Crippen LogP contribution is -2.26. The van der Waals surface area contributed by atoms with Gasteiger partial charge in [-0.25, -0.2) is 9.59 Å². The van der Waals surface area contributed by atoms with Crippen molar-refractivity contribution in [3.63, 3.8) is 0 Å². The summed E-state index contributed by atoms with van der Waals surface area (Å²) in [5.74, 6) is -1.60. The highest BCUT2D eigenvalue weighted by Gasteiger charge is 2.22. The van der Waals surface area contributed by atoms with Gasteiger partial charge in [0, 0.05) is 11.1 Å². The molecule has 0 fully saturated rings. The first-order valence-corrected chi connectivity index (χ1v) is 7.11. The molecule has 116 valence electrons. The average molecular weight is 308 g/mol. The van der Waals surface area contributed by atoms with Crippen molar-refractivity contribution in [2.75, 3.05) is 6.61 Å². The van der Waals surface area contributed by atoms with E-state index in [1.54, 1.807) is 6.92 Å². The molecule has 0 aromatic carbocycles. The topological polar surface area (TPSA) is 118 Å². The zero-order valence-corrected chi connectivity index (χ0v) is 12.6. The number of carboxylic acids is 1. The molecule has 0 aliphatic heterocycles. The van der Waals surface area contributed by atoms with E-state index in [-0.39, 0.29) is 24.2 Å². The standard InChI is InChI=1S/C8H14O5S.C4H6O2/c1-4-7(14(10,11)12)5-13-8(9)6(2)3;1-3(2)4(5)6/h7H,2,4-5H2,1,3H3,(H,10,11,12);1H2,2H3,(H,5,6). The number of esters is 1. The third-order valence-electron chi connectivity index (χ3n) is 1.99. The van der Waals surface area contributed by atoms with Crippen LogP contribution in [0.4, 0.5) is 0 Å². The quantitative estimate of drug-likeness (QED) is 0.432. The van der Waals surface area contributed by atoms with Crippen molar-refractivity contribution in [2.24, 2.45) is 0 Å². The van der Waals surface area contributed by atoms with Gasteiger partial charge in [0.05, 0.1) is 0 Å². The zero-order valence-electron chi connectivity index (χ0n) is 11.7. The molecule has 0 saturated carbocycles. The van der Waals surface area contributed by atoms with Gasteiger partial charge in [-0.2, -0.15) is 8.42 Å². The van der Waals surface area contributed by atoms with Crippen LogP contribution in [0, 0.1) is 0 Å². The maximum Gasteiger partial charge on any atom is 0.333 e. The number of rotatable bonds is 6. The summed E-state index contributed by atoms with van der Waals surface area (Å²) in [5.41, 5.74) is 0.366. The number of aliphatic carboxylic acids is 1. The molecule has 0 heterocycles. The van der Waals surface area contributed by atoms with E-state index in [0.717, 1.165) is 0 Å². The predicted octanol–water partition coefficient (Wildman–Crippen LogP) is 1.42. The van der Waals surface area contributed by atoms with Crippen LogP contribution in [0.5, 0.6) is 0 Å². The summed E-state index contributed by atoms with van der Waals surface area (Å²) in [7, 11) is -4.14. The highest BCUT2D eigenvalue weighted by atomic mass is 32.2. The van der Waals surface area contributed by atoms with Crippen LogP contribution in [0.15, 0.2) is 24.3 Å². The van der Waals surface area contributed by atoms with Gasteiger partial charge < -0.3 is 9.84 Å². The summed E-state index contributed by atoms with van der Waals surface area (Å²) < 4.78 is 34.7. The van der Waals surface area contributed by atoms with E-state index in [9.17, 15) is 18.0 Å². The third-order valence-corrected chi connectivity index (χ3v) is 3.30. The number of hydrogen-bond acceptors (Lipinski definition) is 5. The molecule has 2 N–H and O–H groups in total. The summed E-state index contributed by atoms with van der Waals surface area (Å²) in [6.07, 6.45) is 0.183. The molecular formula is C12H20O7S. The van der Waals surface area contributed by atoms with E-state index in [1.807, 2.05) is 0 Å².